The van der Waals surface area contributed by atoms with Crippen LogP contribution in [0, 0.1) is 11.7 Å². The molecule has 0 spiro atoms. The van der Waals surface area contributed by atoms with Crippen molar-refractivity contribution < 1.29 is 18.7 Å². The van der Waals surface area contributed by atoms with Gasteiger partial charge in [0.15, 0.2) is 5.82 Å². The van der Waals surface area contributed by atoms with Crippen LogP contribution in [0.2, 0.25) is 5.02 Å². The third kappa shape index (κ3) is 2.46. The summed E-state index contributed by atoms with van der Waals surface area (Å²) in [6.45, 7) is 0. The first kappa shape index (κ1) is 12.8. The number of hydrogen-bond donors (Lipinski definition) is 1. The van der Waals surface area contributed by atoms with E-state index in [2.05, 4.69) is 10.1 Å². The largest absolute Gasteiger partial charge is 0.465 e. The predicted octanol–water partition coefficient (Wildman–Crippen LogP) is 2.61. The summed E-state index contributed by atoms with van der Waals surface area (Å²) in [7, 11) is 1.13. The molecular formula is C12H11ClFNO3. The van der Waals surface area contributed by atoms with Crippen LogP contribution in [-0.2, 0) is 9.53 Å². The van der Waals surface area contributed by atoms with Gasteiger partial charge in [-0.3, -0.25) is 4.79 Å². The number of hydrogen-bond acceptors (Lipinski definition) is 3. The van der Waals surface area contributed by atoms with Crippen LogP contribution >= 0.6 is 11.6 Å². The molecule has 1 fully saturated rings. The SMILES string of the molecule is COC(=O)c1c(Cl)ccc(NC(=O)C2CC2)c1F. The molecule has 1 aliphatic carbocycles. The molecule has 0 aromatic heterocycles. The van der Waals surface area contributed by atoms with Gasteiger partial charge in [0.2, 0.25) is 5.91 Å². The van der Waals surface area contributed by atoms with E-state index in [1.165, 1.54) is 12.1 Å². The number of carbonyl (C=O) groups excluding carboxylic acids is 2. The van der Waals surface area contributed by atoms with Crippen LogP contribution in [0.15, 0.2) is 12.1 Å². The van der Waals surface area contributed by atoms with E-state index >= 15 is 0 Å². The Morgan fingerprint density at radius 2 is 2.11 bits per heavy atom. The van der Waals surface area contributed by atoms with Gasteiger partial charge in [-0.05, 0) is 25.0 Å². The average molecular weight is 272 g/mol. The minimum atomic E-state index is -0.875. The molecule has 0 saturated heterocycles. The van der Waals surface area contributed by atoms with Crippen molar-refractivity contribution in [2.24, 2.45) is 5.92 Å². The van der Waals surface area contributed by atoms with Gasteiger partial charge in [-0.2, -0.15) is 0 Å². The van der Waals surface area contributed by atoms with Crippen LogP contribution in [0.1, 0.15) is 23.2 Å². The lowest BCUT2D eigenvalue weighted by molar-refractivity contribution is -0.117. The number of carbonyl (C=O) groups is 2. The molecule has 0 radical (unpaired) electrons. The maximum Gasteiger partial charge on any atom is 0.342 e. The summed E-state index contributed by atoms with van der Waals surface area (Å²) in [5, 5.41) is 2.39. The van der Waals surface area contributed by atoms with Gasteiger partial charge in [0.25, 0.3) is 0 Å². The Balaban J connectivity index is 2.31. The van der Waals surface area contributed by atoms with Crippen molar-refractivity contribution in [1.82, 2.24) is 0 Å². The molecule has 18 heavy (non-hydrogen) atoms. The minimum absolute atomic E-state index is 0.0521. The van der Waals surface area contributed by atoms with Crippen LogP contribution in [0.3, 0.4) is 0 Å². The van der Waals surface area contributed by atoms with E-state index in [4.69, 9.17) is 11.6 Å². The number of benzene rings is 1. The van der Waals surface area contributed by atoms with E-state index in [0.29, 0.717) is 0 Å². The number of halogens is 2. The molecule has 0 unspecified atom stereocenters. The van der Waals surface area contributed by atoms with Crippen LogP contribution < -0.4 is 5.32 Å². The first-order valence-corrected chi connectivity index (χ1v) is 5.79. The van der Waals surface area contributed by atoms with Gasteiger partial charge in [-0.1, -0.05) is 11.6 Å². The number of nitrogens with one attached hydrogen (secondary N) is 1. The molecule has 1 aromatic rings. The lowest BCUT2D eigenvalue weighted by Gasteiger charge is -2.09. The highest BCUT2D eigenvalue weighted by molar-refractivity contribution is 6.33. The maximum absolute atomic E-state index is 14.0. The fraction of sp³-hybridized carbons (Fsp3) is 0.333. The number of rotatable bonds is 3. The first-order valence-electron chi connectivity index (χ1n) is 5.41. The Labute approximate surface area is 108 Å². The van der Waals surface area contributed by atoms with Crippen molar-refractivity contribution in [3.63, 3.8) is 0 Å². The molecule has 96 valence electrons. The second-order valence-electron chi connectivity index (χ2n) is 4.04. The molecule has 0 aliphatic heterocycles. The fourth-order valence-electron chi connectivity index (χ4n) is 1.52. The zero-order valence-electron chi connectivity index (χ0n) is 9.63. The van der Waals surface area contributed by atoms with Gasteiger partial charge in [0, 0.05) is 5.92 Å². The number of anilines is 1. The Morgan fingerprint density at radius 1 is 1.44 bits per heavy atom. The van der Waals surface area contributed by atoms with Crippen molar-refractivity contribution in [1.29, 1.82) is 0 Å². The van der Waals surface area contributed by atoms with Gasteiger partial charge in [-0.15, -0.1) is 0 Å². The summed E-state index contributed by atoms with van der Waals surface area (Å²) in [4.78, 5) is 22.9. The summed E-state index contributed by atoms with van der Waals surface area (Å²) >= 11 is 5.73. The second-order valence-corrected chi connectivity index (χ2v) is 4.45. The lowest BCUT2D eigenvalue weighted by atomic mass is 10.1. The van der Waals surface area contributed by atoms with Crippen molar-refractivity contribution >= 4 is 29.2 Å². The van der Waals surface area contributed by atoms with Gasteiger partial charge in [0.1, 0.15) is 5.56 Å². The smallest absolute Gasteiger partial charge is 0.342 e. The van der Waals surface area contributed by atoms with E-state index in [-0.39, 0.29) is 28.1 Å². The lowest BCUT2D eigenvalue weighted by Crippen LogP contribution is -2.16. The molecule has 1 aromatic carbocycles. The molecule has 1 aliphatic rings. The van der Waals surface area contributed by atoms with E-state index in [0.717, 1.165) is 20.0 Å². The minimum Gasteiger partial charge on any atom is -0.465 e. The summed E-state index contributed by atoms with van der Waals surface area (Å²) < 4.78 is 18.5. The van der Waals surface area contributed by atoms with Crippen LogP contribution in [-0.4, -0.2) is 19.0 Å². The molecule has 1 saturated carbocycles. The Kier molecular flexibility index (Phi) is 3.52. The number of amides is 1. The van der Waals surface area contributed by atoms with Crippen LogP contribution in [0.4, 0.5) is 10.1 Å². The Bertz CT molecular complexity index is 514. The van der Waals surface area contributed by atoms with E-state index < -0.39 is 11.8 Å². The summed E-state index contributed by atoms with van der Waals surface area (Å²) in [5.74, 6) is -2.04. The standard InChI is InChI=1S/C12H11ClFNO3/c1-18-12(17)9-7(13)4-5-8(10(9)14)15-11(16)6-2-3-6/h4-6H,2-3H2,1H3,(H,15,16). The molecule has 1 amide bonds. The molecule has 2 rings (SSSR count). The predicted molar refractivity (Wildman–Crippen MR) is 64.1 cm³/mol. The highest BCUT2D eigenvalue weighted by Gasteiger charge is 2.30. The normalized spacial score (nSPS) is 14.2. The second kappa shape index (κ2) is 4.94. The molecular weight excluding hydrogens is 261 g/mol. The fourth-order valence-corrected chi connectivity index (χ4v) is 1.74. The monoisotopic (exact) mass is 271 g/mol. The van der Waals surface area contributed by atoms with E-state index in [9.17, 15) is 14.0 Å². The highest BCUT2D eigenvalue weighted by atomic mass is 35.5. The first-order chi connectivity index (χ1) is 8.54. The number of methoxy groups -OCH3 is 1. The van der Waals surface area contributed by atoms with Gasteiger partial charge in [-0.25, -0.2) is 9.18 Å². The molecule has 0 heterocycles. The number of esters is 1. The quantitative estimate of drug-likeness (QED) is 0.860. The maximum atomic E-state index is 14.0. The average Bonchev–Trinajstić information content (AvgIpc) is 3.16. The third-order valence-electron chi connectivity index (χ3n) is 2.69. The van der Waals surface area contributed by atoms with Gasteiger partial charge < -0.3 is 10.1 Å². The Morgan fingerprint density at radius 3 is 2.67 bits per heavy atom. The molecule has 0 bridgehead atoms. The summed E-state index contributed by atoms with van der Waals surface area (Å²) in [5.41, 5.74) is -0.426. The van der Waals surface area contributed by atoms with Gasteiger partial charge >= 0.3 is 5.97 Å². The molecule has 6 heteroatoms. The van der Waals surface area contributed by atoms with Crippen LogP contribution in [0.5, 0.6) is 0 Å². The number of ether oxygens (including phenoxy) is 1. The van der Waals surface area contributed by atoms with Crippen molar-refractivity contribution in [2.45, 2.75) is 12.8 Å². The van der Waals surface area contributed by atoms with Crippen molar-refractivity contribution in [3.8, 4) is 0 Å². The highest BCUT2D eigenvalue weighted by Crippen LogP contribution is 2.32. The summed E-state index contributed by atoms with van der Waals surface area (Å²) in [6, 6.07) is 2.67. The van der Waals surface area contributed by atoms with E-state index in [1.807, 2.05) is 0 Å². The third-order valence-corrected chi connectivity index (χ3v) is 3.00. The van der Waals surface area contributed by atoms with E-state index in [1.54, 1.807) is 0 Å². The topological polar surface area (TPSA) is 55.4 Å². The summed E-state index contributed by atoms with van der Waals surface area (Å²) in [6.07, 6.45) is 1.62. The molecule has 4 nitrogen and oxygen atoms in total. The van der Waals surface area contributed by atoms with Crippen LogP contribution in [0.25, 0.3) is 0 Å². The van der Waals surface area contributed by atoms with Gasteiger partial charge in [0.05, 0.1) is 17.8 Å². The van der Waals surface area contributed by atoms with Crippen molar-refractivity contribution in [3.05, 3.63) is 28.5 Å². The van der Waals surface area contributed by atoms with Crippen molar-refractivity contribution in [2.75, 3.05) is 12.4 Å². The zero-order valence-corrected chi connectivity index (χ0v) is 10.4. The zero-order chi connectivity index (χ0) is 13.3. The molecule has 0 atom stereocenters. The Hall–Kier alpha value is -1.62. The molecule has 1 N–H and O–H groups in total.